The highest BCUT2D eigenvalue weighted by Gasteiger charge is 2.36. The van der Waals surface area contributed by atoms with E-state index in [2.05, 4.69) is 10.2 Å². The van der Waals surface area contributed by atoms with E-state index in [4.69, 9.17) is 20.8 Å². The van der Waals surface area contributed by atoms with Gasteiger partial charge in [-0.1, -0.05) is 18.0 Å². The Morgan fingerprint density at radius 3 is 2.72 bits per heavy atom. The third-order valence-electron chi connectivity index (χ3n) is 6.38. The molecule has 1 aromatic carbocycles. The summed E-state index contributed by atoms with van der Waals surface area (Å²) in [6, 6.07) is 8.27. The van der Waals surface area contributed by atoms with Crippen molar-refractivity contribution in [2.45, 2.75) is 44.2 Å². The van der Waals surface area contributed by atoms with Gasteiger partial charge in [-0.25, -0.2) is 0 Å². The van der Waals surface area contributed by atoms with Crippen LogP contribution in [-0.2, 0) is 4.79 Å². The lowest BCUT2D eigenvalue weighted by molar-refractivity contribution is -0.125. The molecule has 2 aromatic rings. The summed E-state index contributed by atoms with van der Waals surface area (Å²) < 4.78 is 11.0. The van der Waals surface area contributed by atoms with E-state index in [9.17, 15) is 9.59 Å². The number of carbonyl (C=O) groups is 2. The SMILES string of the molecule is COc1ccc(Cl)cc1C(=O)N1CCC[C@@H]1C(=O)NC[C@@H](c1ccco1)N1CCCCC1. The van der Waals surface area contributed by atoms with Crippen molar-refractivity contribution < 1.29 is 18.7 Å². The van der Waals surface area contributed by atoms with E-state index >= 15 is 0 Å². The van der Waals surface area contributed by atoms with Crippen LogP contribution in [0.5, 0.6) is 5.75 Å². The molecule has 2 aliphatic rings. The first-order valence-electron chi connectivity index (χ1n) is 11.3. The molecule has 3 heterocycles. The maximum absolute atomic E-state index is 13.3. The smallest absolute Gasteiger partial charge is 0.258 e. The van der Waals surface area contributed by atoms with E-state index in [0.717, 1.165) is 38.1 Å². The molecule has 2 aliphatic heterocycles. The Hall–Kier alpha value is -2.51. The molecule has 1 aromatic heterocycles. The number of methoxy groups -OCH3 is 1. The van der Waals surface area contributed by atoms with E-state index < -0.39 is 6.04 Å². The second-order valence-corrected chi connectivity index (χ2v) is 8.81. The van der Waals surface area contributed by atoms with Crippen LogP contribution in [0.3, 0.4) is 0 Å². The third kappa shape index (κ3) is 4.94. The molecular weight excluding hydrogens is 430 g/mol. The minimum Gasteiger partial charge on any atom is -0.496 e. The summed E-state index contributed by atoms with van der Waals surface area (Å²) in [4.78, 5) is 30.4. The zero-order valence-electron chi connectivity index (χ0n) is 18.4. The average molecular weight is 460 g/mol. The number of hydrogen-bond acceptors (Lipinski definition) is 5. The summed E-state index contributed by atoms with van der Waals surface area (Å²) in [5.74, 6) is 0.940. The van der Waals surface area contributed by atoms with Crippen LogP contribution in [0.2, 0.25) is 5.02 Å². The summed E-state index contributed by atoms with van der Waals surface area (Å²) in [5.41, 5.74) is 0.376. The first-order chi connectivity index (χ1) is 15.6. The van der Waals surface area contributed by atoms with E-state index in [1.54, 1.807) is 29.4 Å². The van der Waals surface area contributed by atoms with Gasteiger partial charge in [0.05, 0.1) is 25.0 Å². The molecule has 172 valence electrons. The second-order valence-electron chi connectivity index (χ2n) is 8.37. The van der Waals surface area contributed by atoms with Gasteiger partial charge in [-0.05, 0) is 69.1 Å². The first-order valence-corrected chi connectivity index (χ1v) is 11.7. The van der Waals surface area contributed by atoms with Crippen molar-refractivity contribution >= 4 is 23.4 Å². The standard InChI is InChI=1S/C24H30ClN3O4/c1-31-21-10-9-17(25)15-18(21)24(30)28-13-5-7-19(28)23(29)26-16-20(22-8-6-14-32-22)27-11-3-2-4-12-27/h6,8-10,14-15,19-20H,2-5,7,11-13,16H2,1H3,(H,26,29)/t19-,20+/m1/s1. The number of furan rings is 1. The van der Waals surface area contributed by atoms with Gasteiger partial charge >= 0.3 is 0 Å². The summed E-state index contributed by atoms with van der Waals surface area (Å²) >= 11 is 6.11. The maximum Gasteiger partial charge on any atom is 0.258 e. The molecule has 0 spiro atoms. The number of amides is 2. The van der Waals surface area contributed by atoms with Crippen LogP contribution in [0, 0.1) is 0 Å². The monoisotopic (exact) mass is 459 g/mol. The van der Waals surface area contributed by atoms with Crippen molar-refractivity contribution in [1.82, 2.24) is 15.1 Å². The Morgan fingerprint density at radius 1 is 1.19 bits per heavy atom. The summed E-state index contributed by atoms with van der Waals surface area (Å²) in [6.07, 6.45) is 6.62. The number of rotatable bonds is 7. The fourth-order valence-electron chi connectivity index (χ4n) is 4.72. The molecule has 0 bridgehead atoms. The molecule has 8 heteroatoms. The Kier molecular flexibility index (Phi) is 7.37. The largest absolute Gasteiger partial charge is 0.496 e. The van der Waals surface area contributed by atoms with Gasteiger partial charge < -0.3 is 19.4 Å². The molecule has 0 saturated carbocycles. The quantitative estimate of drug-likeness (QED) is 0.679. The van der Waals surface area contributed by atoms with Gasteiger partial charge in [0.2, 0.25) is 5.91 Å². The topological polar surface area (TPSA) is 75.0 Å². The molecule has 2 amide bonds. The zero-order chi connectivity index (χ0) is 22.5. The summed E-state index contributed by atoms with van der Waals surface area (Å²) in [5, 5.41) is 3.55. The minimum absolute atomic E-state index is 0.00664. The number of nitrogens with zero attached hydrogens (tertiary/aromatic N) is 2. The number of hydrogen-bond donors (Lipinski definition) is 1. The first kappa shape index (κ1) is 22.7. The predicted molar refractivity (Wildman–Crippen MR) is 122 cm³/mol. The van der Waals surface area contributed by atoms with Crippen LogP contribution in [0.4, 0.5) is 0 Å². The highest BCUT2D eigenvalue weighted by Crippen LogP contribution is 2.28. The van der Waals surface area contributed by atoms with E-state index in [1.165, 1.54) is 13.5 Å². The van der Waals surface area contributed by atoms with E-state index in [0.29, 0.717) is 35.8 Å². The normalized spacial score (nSPS) is 20.2. The Labute approximate surface area is 193 Å². The fourth-order valence-corrected chi connectivity index (χ4v) is 4.89. The Morgan fingerprint density at radius 2 is 2.00 bits per heavy atom. The molecule has 2 saturated heterocycles. The van der Waals surface area contributed by atoms with E-state index in [1.807, 2.05) is 12.1 Å². The molecule has 0 unspecified atom stereocenters. The van der Waals surface area contributed by atoms with Gasteiger partial charge in [-0.2, -0.15) is 0 Å². The van der Waals surface area contributed by atoms with Crippen molar-refractivity contribution in [2.75, 3.05) is 33.3 Å². The molecular formula is C24H30ClN3O4. The lowest BCUT2D eigenvalue weighted by atomic mass is 10.1. The molecule has 0 radical (unpaired) electrons. The van der Waals surface area contributed by atoms with Crippen molar-refractivity contribution in [2.24, 2.45) is 0 Å². The predicted octanol–water partition coefficient (Wildman–Crippen LogP) is 3.89. The Balaban J connectivity index is 1.45. The number of likely N-dealkylation sites (tertiary alicyclic amines) is 2. The minimum atomic E-state index is -0.509. The number of halogens is 1. The van der Waals surface area contributed by atoms with Crippen molar-refractivity contribution in [1.29, 1.82) is 0 Å². The number of ether oxygens (including phenoxy) is 1. The second kappa shape index (κ2) is 10.4. The van der Waals surface area contributed by atoms with Gasteiger partial charge in [0.15, 0.2) is 0 Å². The summed E-state index contributed by atoms with van der Waals surface area (Å²) in [7, 11) is 1.52. The number of benzene rings is 1. The highest BCUT2D eigenvalue weighted by molar-refractivity contribution is 6.31. The van der Waals surface area contributed by atoms with Crippen LogP contribution in [0.25, 0.3) is 0 Å². The number of nitrogens with one attached hydrogen (secondary N) is 1. The Bertz CT molecular complexity index is 927. The number of piperidine rings is 1. The van der Waals surface area contributed by atoms with Crippen molar-refractivity contribution in [3.05, 3.63) is 52.9 Å². The lowest BCUT2D eigenvalue weighted by Crippen LogP contribution is -2.48. The van der Waals surface area contributed by atoms with E-state index in [-0.39, 0.29) is 17.9 Å². The van der Waals surface area contributed by atoms with Gasteiger partial charge in [-0.15, -0.1) is 0 Å². The maximum atomic E-state index is 13.3. The van der Waals surface area contributed by atoms with Crippen LogP contribution in [-0.4, -0.2) is 60.9 Å². The van der Waals surface area contributed by atoms with Gasteiger partial charge in [0, 0.05) is 18.1 Å². The van der Waals surface area contributed by atoms with Crippen LogP contribution in [0.1, 0.15) is 54.3 Å². The van der Waals surface area contributed by atoms with Gasteiger partial charge in [-0.3, -0.25) is 14.5 Å². The van der Waals surface area contributed by atoms with Crippen LogP contribution >= 0.6 is 11.6 Å². The van der Waals surface area contributed by atoms with Crippen molar-refractivity contribution in [3.8, 4) is 5.75 Å². The molecule has 4 rings (SSSR count). The van der Waals surface area contributed by atoms with Gasteiger partial charge in [0.1, 0.15) is 17.6 Å². The molecule has 2 atom stereocenters. The van der Waals surface area contributed by atoms with Crippen molar-refractivity contribution in [3.63, 3.8) is 0 Å². The fraction of sp³-hybridized carbons (Fsp3) is 0.500. The molecule has 7 nitrogen and oxygen atoms in total. The van der Waals surface area contributed by atoms with Gasteiger partial charge in [0.25, 0.3) is 5.91 Å². The molecule has 0 aliphatic carbocycles. The van der Waals surface area contributed by atoms with Crippen LogP contribution in [0.15, 0.2) is 41.0 Å². The molecule has 2 fully saturated rings. The average Bonchev–Trinajstić information content (AvgIpc) is 3.52. The summed E-state index contributed by atoms with van der Waals surface area (Å²) in [6.45, 7) is 2.96. The molecule has 1 N–H and O–H groups in total. The number of carbonyl (C=O) groups excluding carboxylic acids is 2. The molecule has 32 heavy (non-hydrogen) atoms. The highest BCUT2D eigenvalue weighted by atomic mass is 35.5. The zero-order valence-corrected chi connectivity index (χ0v) is 19.1. The van der Waals surface area contributed by atoms with Crippen LogP contribution < -0.4 is 10.1 Å². The third-order valence-corrected chi connectivity index (χ3v) is 6.62. The lowest BCUT2D eigenvalue weighted by Gasteiger charge is -2.34.